The minimum Gasteiger partial charge on any atom is -0.309 e. The summed E-state index contributed by atoms with van der Waals surface area (Å²) >= 11 is 0. The Labute approximate surface area is 169 Å². The molecule has 2 heteroatoms. The van der Waals surface area contributed by atoms with Gasteiger partial charge >= 0.3 is 0 Å². The van der Waals surface area contributed by atoms with Crippen LogP contribution in [0.5, 0.6) is 0 Å². The lowest BCUT2D eigenvalue weighted by molar-refractivity contribution is 0.487. The van der Waals surface area contributed by atoms with E-state index in [-0.39, 0.29) is 0 Å². The second-order valence-corrected chi connectivity index (χ2v) is 9.38. The summed E-state index contributed by atoms with van der Waals surface area (Å²) in [6.07, 6.45) is 6.94. The summed E-state index contributed by atoms with van der Waals surface area (Å²) in [5.74, 6) is 0.412. The van der Waals surface area contributed by atoms with Crippen LogP contribution in [0.1, 0.15) is 12.5 Å². The highest BCUT2D eigenvalue weighted by Gasteiger charge is 2.29. The van der Waals surface area contributed by atoms with Gasteiger partial charge in [0.25, 0.3) is 0 Å². The maximum absolute atomic E-state index is 3.75. The van der Waals surface area contributed by atoms with E-state index in [0.29, 0.717) is 12.0 Å². The maximum atomic E-state index is 3.75. The summed E-state index contributed by atoms with van der Waals surface area (Å²) in [6, 6.07) is 32.9. The van der Waals surface area contributed by atoms with Crippen LogP contribution in [0.15, 0.2) is 115 Å². The standard InChI is InChI=1S/C26H26NP/c1-21(27-20-22-12-5-2-6-13-22)25-18-11-19-26(25)28(23-14-7-3-8-15-23)24-16-9-4-10-17-24/h2-19,21,25,27H,20H2,1H3/t21-,25?/m1/s1. The monoisotopic (exact) mass is 383 g/mol. The SMILES string of the molecule is C[C@@H](NCc1ccccc1)C1C=CC=C1P(c1ccccc1)c1ccccc1. The number of nitrogens with one attached hydrogen (secondary N) is 1. The van der Waals surface area contributed by atoms with Crippen molar-refractivity contribution in [3.63, 3.8) is 0 Å². The third-order valence-corrected chi connectivity index (χ3v) is 7.82. The van der Waals surface area contributed by atoms with Gasteiger partial charge < -0.3 is 5.32 Å². The fourth-order valence-electron chi connectivity index (χ4n) is 3.73. The Morgan fingerprint density at radius 2 is 1.32 bits per heavy atom. The summed E-state index contributed by atoms with van der Waals surface area (Å²) < 4.78 is 0. The molecule has 0 saturated heterocycles. The molecule has 1 N–H and O–H groups in total. The van der Waals surface area contributed by atoms with E-state index in [1.54, 1.807) is 0 Å². The Kier molecular flexibility index (Phi) is 6.17. The van der Waals surface area contributed by atoms with Crippen LogP contribution in [-0.4, -0.2) is 6.04 Å². The fourth-order valence-corrected chi connectivity index (χ4v) is 6.41. The topological polar surface area (TPSA) is 12.0 Å². The van der Waals surface area contributed by atoms with Crippen molar-refractivity contribution in [3.05, 3.63) is 120 Å². The minimum atomic E-state index is -0.530. The zero-order valence-corrected chi connectivity index (χ0v) is 17.1. The molecule has 1 nitrogen and oxygen atoms in total. The Bertz CT molecular complexity index is 892. The summed E-state index contributed by atoms with van der Waals surface area (Å²) in [7, 11) is -0.530. The highest BCUT2D eigenvalue weighted by atomic mass is 31.1. The van der Waals surface area contributed by atoms with Gasteiger partial charge in [0.05, 0.1) is 0 Å². The largest absolute Gasteiger partial charge is 0.309 e. The molecule has 1 aliphatic rings. The molecule has 4 rings (SSSR count). The highest BCUT2D eigenvalue weighted by molar-refractivity contribution is 7.76. The zero-order valence-electron chi connectivity index (χ0n) is 16.2. The molecule has 3 aromatic rings. The molecule has 1 aliphatic carbocycles. The molecule has 3 aromatic carbocycles. The highest BCUT2D eigenvalue weighted by Crippen LogP contribution is 2.49. The molecule has 0 bridgehead atoms. The van der Waals surface area contributed by atoms with E-state index in [9.17, 15) is 0 Å². The molecule has 2 atom stereocenters. The first kappa shape index (κ1) is 18.9. The van der Waals surface area contributed by atoms with Gasteiger partial charge in [-0.1, -0.05) is 109 Å². The van der Waals surface area contributed by atoms with E-state index in [1.165, 1.54) is 21.5 Å². The van der Waals surface area contributed by atoms with Gasteiger partial charge in [-0.15, -0.1) is 0 Å². The van der Waals surface area contributed by atoms with Crippen molar-refractivity contribution >= 4 is 18.5 Å². The maximum Gasteiger partial charge on any atom is 0.0208 e. The first-order valence-electron chi connectivity index (χ1n) is 9.89. The van der Waals surface area contributed by atoms with Crippen molar-refractivity contribution in [2.24, 2.45) is 5.92 Å². The number of hydrogen-bond donors (Lipinski definition) is 1. The van der Waals surface area contributed by atoms with E-state index in [1.807, 2.05) is 0 Å². The molecular weight excluding hydrogens is 357 g/mol. The number of allylic oxidation sites excluding steroid dienone is 2. The normalized spacial score (nSPS) is 16.9. The van der Waals surface area contributed by atoms with Gasteiger partial charge in [0.15, 0.2) is 0 Å². The van der Waals surface area contributed by atoms with Crippen LogP contribution in [0.25, 0.3) is 0 Å². The van der Waals surface area contributed by atoms with Crippen LogP contribution in [-0.2, 0) is 6.54 Å². The summed E-state index contributed by atoms with van der Waals surface area (Å²) in [4.78, 5) is 0. The molecule has 0 amide bonds. The van der Waals surface area contributed by atoms with Crippen molar-refractivity contribution in [1.82, 2.24) is 5.32 Å². The molecule has 0 aliphatic heterocycles. The summed E-state index contributed by atoms with van der Waals surface area (Å²) in [5.41, 5.74) is 1.33. The lowest BCUT2D eigenvalue weighted by Crippen LogP contribution is -2.33. The van der Waals surface area contributed by atoms with Gasteiger partial charge in [0.2, 0.25) is 0 Å². The lowest BCUT2D eigenvalue weighted by Gasteiger charge is -2.29. The van der Waals surface area contributed by atoms with Crippen LogP contribution >= 0.6 is 7.92 Å². The van der Waals surface area contributed by atoms with E-state index in [0.717, 1.165) is 6.54 Å². The molecule has 1 unspecified atom stereocenters. The quantitative estimate of drug-likeness (QED) is 0.541. The van der Waals surface area contributed by atoms with Crippen LogP contribution in [0.3, 0.4) is 0 Å². The van der Waals surface area contributed by atoms with Gasteiger partial charge in [-0.05, 0) is 36.3 Å². The third kappa shape index (κ3) is 4.33. The molecule has 0 spiro atoms. The fraction of sp³-hybridized carbons (Fsp3) is 0.154. The molecule has 0 fully saturated rings. The molecule has 0 heterocycles. The van der Waals surface area contributed by atoms with Crippen LogP contribution in [0.4, 0.5) is 0 Å². The van der Waals surface area contributed by atoms with Gasteiger partial charge in [-0.25, -0.2) is 0 Å². The Morgan fingerprint density at radius 3 is 1.89 bits per heavy atom. The smallest absolute Gasteiger partial charge is 0.0208 e. The van der Waals surface area contributed by atoms with Crippen molar-refractivity contribution in [1.29, 1.82) is 0 Å². The second kappa shape index (κ2) is 9.15. The third-order valence-electron chi connectivity index (χ3n) is 5.22. The van der Waals surface area contributed by atoms with E-state index < -0.39 is 7.92 Å². The summed E-state index contributed by atoms with van der Waals surface area (Å²) in [5, 5.41) is 8.11. The molecule has 140 valence electrons. The molecule has 0 saturated carbocycles. The van der Waals surface area contributed by atoms with Gasteiger partial charge in [0, 0.05) is 18.5 Å². The van der Waals surface area contributed by atoms with Crippen molar-refractivity contribution in [2.45, 2.75) is 19.5 Å². The molecule has 0 aromatic heterocycles. The first-order valence-corrected chi connectivity index (χ1v) is 11.2. The molecule has 28 heavy (non-hydrogen) atoms. The summed E-state index contributed by atoms with van der Waals surface area (Å²) in [6.45, 7) is 3.20. The van der Waals surface area contributed by atoms with Gasteiger partial charge in [-0.3, -0.25) is 0 Å². The predicted octanol–water partition coefficient (Wildman–Crippen LogP) is 5.37. The Morgan fingerprint density at radius 1 is 0.786 bits per heavy atom. The number of rotatable bonds is 7. The van der Waals surface area contributed by atoms with Crippen molar-refractivity contribution < 1.29 is 0 Å². The molecule has 0 radical (unpaired) electrons. The first-order chi connectivity index (χ1) is 13.8. The van der Waals surface area contributed by atoms with Crippen LogP contribution in [0.2, 0.25) is 0 Å². The van der Waals surface area contributed by atoms with Crippen LogP contribution in [0, 0.1) is 5.92 Å². The average Bonchev–Trinajstić information content (AvgIpc) is 3.24. The van der Waals surface area contributed by atoms with Crippen molar-refractivity contribution in [2.75, 3.05) is 0 Å². The second-order valence-electron chi connectivity index (χ2n) is 7.16. The minimum absolute atomic E-state index is 0.377. The van der Waals surface area contributed by atoms with E-state index in [4.69, 9.17) is 0 Å². The van der Waals surface area contributed by atoms with E-state index >= 15 is 0 Å². The number of benzene rings is 3. The van der Waals surface area contributed by atoms with Gasteiger partial charge in [-0.2, -0.15) is 0 Å². The Hall–Kier alpha value is -2.47. The average molecular weight is 383 g/mol. The van der Waals surface area contributed by atoms with Crippen LogP contribution < -0.4 is 15.9 Å². The van der Waals surface area contributed by atoms with Crippen molar-refractivity contribution in [3.8, 4) is 0 Å². The van der Waals surface area contributed by atoms with Gasteiger partial charge in [0.1, 0.15) is 0 Å². The zero-order chi connectivity index (χ0) is 19.2. The molecular formula is C26H26NP. The number of hydrogen-bond acceptors (Lipinski definition) is 1. The van der Waals surface area contributed by atoms with E-state index in [2.05, 4.69) is 121 Å². The predicted molar refractivity (Wildman–Crippen MR) is 123 cm³/mol. The lowest BCUT2D eigenvalue weighted by atomic mass is 10.0. The Balaban J connectivity index is 1.58.